The number of carbonyl (C=O) groups excluding carboxylic acids is 2. The summed E-state index contributed by atoms with van der Waals surface area (Å²) in [6, 6.07) is 8.20. The Labute approximate surface area is 105 Å². The van der Waals surface area contributed by atoms with E-state index in [0.29, 0.717) is 11.5 Å². The predicted molar refractivity (Wildman–Crippen MR) is 63.9 cm³/mol. The molecule has 18 heavy (non-hydrogen) atoms. The summed E-state index contributed by atoms with van der Waals surface area (Å²) in [7, 11) is 1.12. The standard InChI is InChI=1S/C12H15N2O4/c1-18-14(12(13)17)11(16)10(15)8-7-9-5-3-2-4-6-9/h2-6,8,10,15H,7H2,1H3,(H2,13,17)/t10-/m0/s1. The predicted octanol–water partition coefficient (Wildman–Crippen LogP) is 0.263. The van der Waals surface area contributed by atoms with Crippen molar-refractivity contribution in [3.63, 3.8) is 0 Å². The highest BCUT2D eigenvalue weighted by atomic mass is 16.7. The quantitative estimate of drug-likeness (QED) is 0.734. The second-order valence-corrected chi connectivity index (χ2v) is 3.52. The fraction of sp³-hybridized carbons (Fsp3) is 0.250. The van der Waals surface area contributed by atoms with Crippen LogP contribution in [-0.2, 0) is 16.1 Å². The zero-order chi connectivity index (χ0) is 13.5. The van der Waals surface area contributed by atoms with Gasteiger partial charge in [0, 0.05) is 6.42 Å². The van der Waals surface area contributed by atoms with Crippen LogP contribution in [0.5, 0.6) is 0 Å². The van der Waals surface area contributed by atoms with Crippen LogP contribution in [-0.4, -0.2) is 35.3 Å². The van der Waals surface area contributed by atoms with Gasteiger partial charge in [0.25, 0.3) is 5.91 Å². The lowest BCUT2D eigenvalue weighted by Crippen LogP contribution is -2.45. The molecule has 3 amide bonds. The van der Waals surface area contributed by atoms with Crippen LogP contribution in [0.4, 0.5) is 4.79 Å². The molecule has 1 rings (SSSR count). The third-order valence-corrected chi connectivity index (χ3v) is 2.26. The smallest absolute Gasteiger partial charge is 0.346 e. The van der Waals surface area contributed by atoms with E-state index in [1.807, 2.05) is 30.3 Å². The van der Waals surface area contributed by atoms with Crippen LogP contribution < -0.4 is 5.73 Å². The molecule has 0 unspecified atom stereocenters. The molecule has 0 aliphatic heterocycles. The van der Waals surface area contributed by atoms with Crippen molar-refractivity contribution in [2.24, 2.45) is 5.73 Å². The number of nitrogens with zero attached hydrogens (tertiary/aromatic N) is 1. The summed E-state index contributed by atoms with van der Waals surface area (Å²) in [4.78, 5) is 26.9. The molecule has 0 spiro atoms. The molecule has 1 radical (unpaired) electrons. The molecule has 0 aliphatic rings. The zero-order valence-electron chi connectivity index (χ0n) is 9.95. The first-order valence-electron chi connectivity index (χ1n) is 5.29. The van der Waals surface area contributed by atoms with E-state index in [1.165, 1.54) is 6.42 Å². The van der Waals surface area contributed by atoms with Gasteiger partial charge in [0.05, 0.1) is 7.11 Å². The number of benzene rings is 1. The highest BCUT2D eigenvalue weighted by Gasteiger charge is 2.26. The summed E-state index contributed by atoms with van der Waals surface area (Å²) in [6.07, 6.45) is 0.314. The minimum atomic E-state index is -1.45. The lowest BCUT2D eigenvalue weighted by Gasteiger charge is -2.18. The number of hydrogen-bond acceptors (Lipinski definition) is 4. The number of amides is 3. The number of primary amides is 1. The molecule has 0 bridgehead atoms. The average Bonchev–Trinajstić information content (AvgIpc) is 2.37. The van der Waals surface area contributed by atoms with Crippen LogP contribution in [0.3, 0.4) is 0 Å². The fourth-order valence-corrected chi connectivity index (χ4v) is 1.37. The first-order valence-corrected chi connectivity index (χ1v) is 5.29. The Hall–Kier alpha value is -1.92. The van der Waals surface area contributed by atoms with E-state index >= 15 is 0 Å². The van der Waals surface area contributed by atoms with Crippen LogP contribution in [0.2, 0.25) is 0 Å². The molecule has 0 aliphatic carbocycles. The number of hydroxylamine groups is 2. The van der Waals surface area contributed by atoms with Gasteiger partial charge in [-0.25, -0.2) is 4.79 Å². The van der Waals surface area contributed by atoms with Crippen LogP contribution in [0.25, 0.3) is 0 Å². The molecule has 0 saturated heterocycles. The summed E-state index contributed by atoms with van der Waals surface area (Å²) in [5.74, 6) is -0.916. The van der Waals surface area contributed by atoms with E-state index in [0.717, 1.165) is 12.7 Å². The van der Waals surface area contributed by atoms with Gasteiger partial charge in [-0.1, -0.05) is 30.3 Å². The van der Waals surface area contributed by atoms with Crippen LogP contribution in [0, 0.1) is 6.42 Å². The molecule has 0 fully saturated rings. The third-order valence-electron chi connectivity index (χ3n) is 2.26. The Morgan fingerprint density at radius 2 is 2.06 bits per heavy atom. The van der Waals surface area contributed by atoms with E-state index < -0.39 is 18.0 Å². The molecule has 0 saturated carbocycles. The minimum absolute atomic E-state index is 0.312. The first kappa shape index (κ1) is 14.1. The maximum Gasteiger partial charge on any atom is 0.346 e. The normalized spacial score (nSPS) is 11.9. The number of nitrogens with two attached hydrogens (primary N) is 1. The van der Waals surface area contributed by atoms with Crippen LogP contribution in [0.15, 0.2) is 30.3 Å². The molecule has 6 nitrogen and oxygen atoms in total. The Balaban J connectivity index is 2.52. The van der Waals surface area contributed by atoms with Crippen molar-refractivity contribution in [3.8, 4) is 0 Å². The summed E-state index contributed by atoms with van der Waals surface area (Å²) in [5, 5.41) is 9.91. The molecule has 97 valence electrons. The molecule has 0 heterocycles. The number of carbonyl (C=O) groups is 2. The lowest BCUT2D eigenvalue weighted by molar-refractivity contribution is -0.167. The molecule has 0 aromatic heterocycles. The third kappa shape index (κ3) is 3.83. The maximum absolute atomic E-state index is 11.6. The van der Waals surface area contributed by atoms with E-state index in [4.69, 9.17) is 5.73 Å². The topological polar surface area (TPSA) is 92.9 Å². The zero-order valence-corrected chi connectivity index (χ0v) is 9.95. The second kappa shape index (κ2) is 6.73. The Morgan fingerprint density at radius 3 is 2.56 bits per heavy atom. The molecular weight excluding hydrogens is 236 g/mol. The van der Waals surface area contributed by atoms with Crippen LogP contribution in [0.1, 0.15) is 5.56 Å². The summed E-state index contributed by atoms with van der Waals surface area (Å²) >= 11 is 0. The SMILES string of the molecule is CON(C(N)=O)C(=O)[C@@H](O)[CH]Cc1ccccc1. The van der Waals surface area contributed by atoms with Gasteiger partial charge in [-0.15, -0.1) is 5.06 Å². The van der Waals surface area contributed by atoms with Crippen molar-refractivity contribution >= 4 is 11.9 Å². The Bertz CT molecular complexity index is 408. The van der Waals surface area contributed by atoms with Gasteiger partial charge in [-0.2, -0.15) is 0 Å². The van der Waals surface area contributed by atoms with E-state index in [1.54, 1.807) is 0 Å². The van der Waals surface area contributed by atoms with Gasteiger partial charge in [-0.05, 0) is 12.0 Å². The lowest BCUT2D eigenvalue weighted by atomic mass is 10.1. The molecule has 1 aromatic rings. The van der Waals surface area contributed by atoms with E-state index in [9.17, 15) is 14.7 Å². The number of aliphatic hydroxyl groups is 1. The van der Waals surface area contributed by atoms with Crippen molar-refractivity contribution in [2.75, 3.05) is 7.11 Å². The van der Waals surface area contributed by atoms with Gasteiger partial charge >= 0.3 is 6.03 Å². The van der Waals surface area contributed by atoms with Crippen molar-refractivity contribution < 1.29 is 19.5 Å². The summed E-state index contributed by atoms with van der Waals surface area (Å²) in [5.41, 5.74) is 5.85. The number of aliphatic hydroxyl groups excluding tert-OH is 1. The second-order valence-electron chi connectivity index (χ2n) is 3.52. The fourth-order valence-electron chi connectivity index (χ4n) is 1.37. The number of urea groups is 1. The van der Waals surface area contributed by atoms with Crippen molar-refractivity contribution in [2.45, 2.75) is 12.5 Å². The van der Waals surface area contributed by atoms with Gasteiger partial charge < -0.3 is 10.8 Å². The van der Waals surface area contributed by atoms with Gasteiger partial charge in [0.2, 0.25) is 0 Å². The van der Waals surface area contributed by atoms with Crippen molar-refractivity contribution in [1.29, 1.82) is 0 Å². The summed E-state index contributed by atoms with van der Waals surface area (Å²) < 4.78 is 0. The Morgan fingerprint density at radius 1 is 1.44 bits per heavy atom. The highest BCUT2D eigenvalue weighted by molar-refractivity contribution is 5.95. The van der Waals surface area contributed by atoms with E-state index in [-0.39, 0.29) is 0 Å². The van der Waals surface area contributed by atoms with Gasteiger partial charge in [0.15, 0.2) is 0 Å². The van der Waals surface area contributed by atoms with Gasteiger partial charge in [-0.3, -0.25) is 9.63 Å². The molecule has 3 N–H and O–H groups in total. The average molecular weight is 251 g/mol. The molecule has 1 atom stereocenters. The van der Waals surface area contributed by atoms with Crippen molar-refractivity contribution in [3.05, 3.63) is 42.3 Å². The van der Waals surface area contributed by atoms with Crippen LogP contribution >= 0.6 is 0 Å². The highest BCUT2D eigenvalue weighted by Crippen LogP contribution is 2.06. The summed E-state index contributed by atoms with van der Waals surface area (Å²) in [6.45, 7) is 0. The van der Waals surface area contributed by atoms with Crippen molar-refractivity contribution in [1.82, 2.24) is 5.06 Å². The van der Waals surface area contributed by atoms with Gasteiger partial charge in [0.1, 0.15) is 6.10 Å². The molecule has 1 aromatic carbocycles. The first-order chi connectivity index (χ1) is 8.56. The Kier molecular flexibility index (Phi) is 5.29. The molecular formula is C12H15N2O4. The number of imide groups is 1. The monoisotopic (exact) mass is 251 g/mol. The van der Waals surface area contributed by atoms with E-state index in [2.05, 4.69) is 4.84 Å². The maximum atomic E-state index is 11.6. The minimum Gasteiger partial charge on any atom is -0.383 e. The number of rotatable bonds is 5. The molecule has 6 heteroatoms. The number of hydrogen-bond donors (Lipinski definition) is 2. The largest absolute Gasteiger partial charge is 0.383 e.